The fraction of sp³-hybridized carbons (Fsp3) is 0.292. The molecule has 32 heavy (non-hydrogen) atoms. The smallest absolute Gasteiger partial charge is 0.240 e. The standard InChI is InChI=1S/C24H18N4O4/c1-11-6-8-12(9-7-11)28-23(29)16-17(24(28)30)21-22-18(20(16)31-21)19(27-32-22)15-10-25-13-4-2-3-5-14(13)26-15/h2-10,16-18,20-22H,1H3/t16-,17+,18-,20-,21+,22-/m1/s1. The Morgan fingerprint density at radius 1 is 0.844 bits per heavy atom. The molecule has 158 valence electrons. The topological polar surface area (TPSA) is 94.0 Å². The summed E-state index contributed by atoms with van der Waals surface area (Å²) in [5.41, 5.74) is 4.46. The second-order valence-electron chi connectivity index (χ2n) is 8.78. The summed E-state index contributed by atoms with van der Waals surface area (Å²) in [6.07, 6.45) is 0.295. The van der Waals surface area contributed by atoms with E-state index in [0.717, 1.165) is 16.6 Å². The van der Waals surface area contributed by atoms with Crippen LogP contribution in [0, 0.1) is 24.7 Å². The van der Waals surface area contributed by atoms with Crippen LogP contribution < -0.4 is 4.90 Å². The summed E-state index contributed by atoms with van der Waals surface area (Å²) in [7, 11) is 0. The van der Waals surface area contributed by atoms with Gasteiger partial charge in [0.2, 0.25) is 11.8 Å². The van der Waals surface area contributed by atoms with Gasteiger partial charge in [-0.05, 0) is 31.2 Å². The van der Waals surface area contributed by atoms with Gasteiger partial charge >= 0.3 is 0 Å². The van der Waals surface area contributed by atoms with Crippen LogP contribution in [0.25, 0.3) is 11.0 Å². The van der Waals surface area contributed by atoms with Gasteiger partial charge in [0.25, 0.3) is 0 Å². The van der Waals surface area contributed by atoms with E-state index in [9.17, 15) is 9.59 Å². The fourth-order valence-corrected chi connectivity index (χ4v) is 5.60. The number of hydrogen-bond acceptors (Lipinski definition) is 7. The number of benzene rings is 2. The van der Waals surface area contributed by atoms with E-state index in [-0.39, 0.29) is 17.7 Å². The van der Waals surface area contributed by atoms with Gasteiger partial charge in [-0.2, -0.15) is 0 Å². The van der Waals surface area contributed by atoms with Gasteiger partial charge in [0.1, 0.15) is 17.5 Å². The van der Waals surface area contributed by atoms with E-state index in [2.05, 4.69) is 10.1 Å². The zero-order valence-corrected chi connectivity index (χ0v) is 17.1. The molecule has 0 spiro atoms. The summed E-state index contributed by atoms with van der Waals surface area (Å²) >= 11 is 0. The minimum atomic E-state index is -0.549. The van der Waals surface area contributed by atoms with Gasteiger partial charge < -0.3 is 9.57 Å². The van der Waals surface area contributed by atoms with E-state index in [1.165, 1.54) is 4.90 Å². The van der Waals surface area contributed by atoms with Crippen molar-refractivity contribution in [2.45, 2.75) is 25.2 Å². The second-order valence-corrected chi connectivity index (χ2v) is 8.78. The lowest BCUT2D eigenvalue weighted by Crippen LogP contribution is -2.45. The number of anilines is 1. The molecule has 3 saturated heterocycles. The third-order valence-electron chi connectivity index (χ3n) is 7.04. The maximum Gasteiger partial charge on any atom is 0.240 e. The van der Waals surface area contributed by atoms with Crippen LogP contribution in [0.3, 0.4) is 0 Å². The van der Waals surface area contributed by atoms with E-state index in [4.69, 9.17) is 14.6 Å². The van der Waals surface area contributed by atoms with E-state index >= 15 is 0 Å². The highest BCUT2D eigenvalue weighted by molar-refractivity contribution is 6.23. The predicted octanol–water partition coefficient (Wildman–Crippen LogP) is 2.24. The highest BCUT2D eigenvalue weighted by Gasteiger charge is 2.72. The number of aromatic nitrogens is 2. The van der Waals surface area contributed by atoms with Crippen LogP contribution >= 0.6 is 0 Å². The number of hydrogen-bond donors (Lipinski definition) is 0. The van der Waals surface area contributed by atoms with Crippen molar-refractivity contribution in [3.05, 3.63) is 66.0 Å². The van der Waals surface area contributed by atoms with E-state index in [1.54, 1.807) is 6.20 Å². The van der Waals surface area contributed by atoms with Crippen LogP contribution in [0.1, 0.15) is 11.3 Å². The maximum absolute atomic E-state index is 13.4. The molecule has 0 aliphatic carbocycles. The molecule has 0 radical (unpaired) electrons. The number of fused-ring (bicyclic) bond motifs is 9. The minimum Gasteiger partial charge on any atom is -0.389 e. The Kier molecular flexibility index (Phi) is 3.48. The van der Waals surface area contributed by atoms with Crippen molar-refractivity contribution in [3.8, 4) is 0 Å². The number of para-hydroxylation sites is 2. The molecular weight excluding hydrogens is 408 g/mol. The molecule has 8 nitrogen and oxygen atoms in total. The number of imide groups is 1. The van der Waals surface area contributed by atoms with Gasteiger partial charge in [0.05, 0.1) is 46.8 Å². The van der Waals surface area contributed by atoms with Gasteiger partial charge in [0.15, 0.2) is 6.10 Å². The van der Waals surface area contributed by atoms with Gasteiger partial charge in [-0.3, -0.25) is 14.6 Å². The third-order valence-corrected chi connectivity index (χ3v) is 7.04. The van der Waals surface area contributed by atoms with Crippen molar-refractivity contribution in [3.63, 3.8) is 0 Å². The van der Waals surface area contributed by atoms with Crippen LogP contribution in [0.15, 0.2) is 59.9 Å². The number of nitrogens with zero attached hydrogens (tertiary/aromatic N) is 4. The molecule has 3 fully saturated rings. The van der Waals surface area contributed by atoms with Crippen LogP contribution in [0.5, 0.6) is 0 Å². The summed E-state index contributed by atoms with van der Waals surface area (Å²) in [6, 6.07) is 15.0. The van der Waals surface area contributed by atoms with Gasteiger partial charge in [-0.1, -0.05) is 35.0 Å². The third kappa shape index (κ3) is 2.22. The Balaban J connectivity index is 1.24. The lowest BCUT2D eigenvalue weighted by Gasteiger charge is -2.25. The molecule has 7 rings (SSSR count). The van der Waals surface area contributed by atoms with E-state index < -0.39 is 30.1 Å². The van der Waals surface area contributed by atoms with Gasteiger partial charge in [-0.25, -0.2) is 9.88 Å². The molecule has 3 aromatic rings. The molecule has 4 aliphatic rings. The molecule has 6 atom stereocenters. The molecule has 5 heterocycles. The quantitative estimate of drug-likeness (QED) is 0.584. The van der Waals surface area contributed by atoms with Gasteiger partial charge in [0, 0.05) is 0 Å². The number of carbonyl (C=O) groups is 2. The molecule has 0 N–H and O–H groups in total. The average Bonchev–Trinajstić information content (AvgIpc) is 3.55. The van der Waals surface area contributed by atoms with Crippen molar-refractivity contribution < 1.29 is 19.2 Å². The van der Waals surface area contributed by atoms with Gasteiger partial charge in [-0.15, -0.1) is 0 Å². The first-order chi connectivity index (χ1) is 15.6. The number of aryl methyl sites for hydroxylation is 1. The van der Waals surface area contributed by atoms with E-state index in [1.807, 2.05) is 55.5 Å². The second kappa shape index (κ2) is 6.20. The molecule has 8 heteroatoms. The van der Waals surface area contributed by atoms with Crippen LogP contribution in [0.2, 0.25) is 0 Å². The first-order valence-corrected chi connectivity index (χ1v) is 10.7. The summed E-state index contributed by atoms with van der Waals surface area (Å²) in [5, 5.41) is 4.30. The number of oxime groups is 1. The molecule has 2 amide bonds. The molecular formula is C24H18N4O4. The zero-order chi connectivity index (χ0) is 21.6. The normalized spacial score (nSPS) is 32.3. The number of rotatable bonds is 2. The highest BCUT2D eigenvalue weighted by Crippen LogP contribution is 2.55. The van der Waals surface area contributed by atoms with Crippen molar-refractivity contribution in [1.82, 2.24) is 9.97 Å². The van der Waals surface area contributed by atoms with Crippen LogP contribution in [-0.4, -0.2) is 45.8 Å². The maximum atomic E-state index is 13.4. The predicted molar refractivity (Wildman–Crippen MR) is 114 cm³/mol. The molecule has 0 saturated carbocycles. The molecule has 4 aliphatic heterocycles. The largest absolute Gasteiger partial charge is 0.389 e. The lowest BCUT2D eigenvalue weighted by molar-refractivity contribution is -0.125. The monoisotopic (exact) mass is 426 g/mol. The van der Waals surface area contributed by atoms with Crippen molar-refractivity contribution in [2.75, 3.05) is 4.90 Å². The highest BCUT2D eigenvalue weighted by atomic mass is 16.7. The first-order valence-electron chi connectivity index (χ1n) is 10.7. The number of amides is 2. The van der Waals surface area contributed by atoms with Crippen molar-refractivity contribution >= 4 is 34.2 Å². The molecule has 2 aromatic carbocycles. The molecule has 0 unspecified atom stereocenters. The Morgan fingerprint density at radius 2 is 1.56 bits per heavy atom. The van der Waals surface area contributed by atoms with E-state index in [0.29, 0.717) is 17.1 Å². The number of carbonyl (C=O) groups excluding carboxylic acids is 2. The Bertz CT molecular complexity index is 1340. The number of ether oxygens (including phenoxy) is 1. The van der Waals surface area contributed by atoms with Crippen LogP contribution in [0.4, 0.5) is 5.69 Å². The molecule has 1 aromatic heterocycles. The first kappa shape index (κ1) is 18.0. The Labute approximate surface area is 182 Å². The van der Waals surface area contributed by atoms with Crippen molar-refractivity contribution in [2.24, 2.45) is 22.9 Å². The Hall–Kier alpha value is -3.65. The zero-order valence-electron chi connectivity index (χ0n) is 17.1. The lowest BCUT2D eigenvalue weighted by atomic mass is 9.72. The summed E-state index contributed by atoms with van der Waals surface area (Å²) in [4.78, 5) is 42.9. The minimum absolute atomic E-state index is 0.217. The summed E-state index contributed by atoms with van der Waals surface area (Å²) in [5.74, 6) is -1.79. The SMILES string of the molecule is Cc1ccc(N2C(=O)[C@@H]3[C@@H]4O[C@@H]([C@H]5C(c6cnc7ccccc7n6)=NO[C@@H]45)[C@@H]3C2=O)cc1. The Morgan fingerprint density at radius 3 is 2.34 bits per heavy atom. The summed E-state index contributed by atoms with van der Waals surface area (Å²) in [6.45, 7) is 1.97. The average molecular weight is 426 g/mol. The van der Waals surface area contributed by atoms with Crippen LogP contribution in [-0.2, 0) is 19.2 Å². The summed E-state index contributed by atoms with van der Waals surface area (Å²) < 4.78 is 6.17. The molecule has 2 bridgehead atoms. The van der Waals surface area contributed by atoms with Crippen molar-refractivity contribution in [1.29, 1.82) is 0 Å². The fourth-order valence-electron chi connectivity index (χ4n) is 5.60.